The van der Waals surface area contributed by atoms with Crippen molar-refractivity contribution in [3.63, 3.8) is 0 Å². The molecule has 10 nitrogen and oxygen atoms in total. The highest BCUT2D eigenvalue weighted by Gasteiger charge is 2.28. The van der Waals surface area contributed by atoms with Crippen molar-refractivity contribution in [2.24, 2.45) is 0 Å². The number of carbonyl (C=O) groups excluding carboxylic acids is 2. The third-order valence-corrected chi connectivity index (χ3v) is 4.57. The molecule has 0 heterocycles. The van der Waals surface area contributed by atoms with Crippen LogP contribution in [0.15, 0.2) is 0 Å². The fourth-order valence-corrected chi connectivity index (χ4v) is 2.74. The molecule has 236 valence electrons. The van der Waals surface area contributed by atoms with Crippen LogP contribution in [0.2, 0.25) is 0 Å². The Morgan fingerprint density at radius 1 is 0.488 bits per heavy atom. The third-order valence-electron chi connectivity index (χ3n) is 4.57. The number of esters is 2. The molecule has 0 bridgehead atoms. The van der Waals surface area contributed by atoms with Crippen LogP contribution < -0.4 is 4.74 Å². The molecule has 41 heavy (non-hydrogen) atoms. The summed E-state index contributed by atoms with van der Waals surface area (Å²) in [6.45, 7) is 8.44. The van der Waals surface area contributed by atoms with Crippen molar-refractivity contribution in [3.8, 4) is 5.75 Å². The van der Waals surface area contributed by atoms with Crippen LogP contribution in [0.4, 0.5) is 22.0 Å². The van der Waals surface area contributed by atoms with E-state index in [1.54, 1.807) is 20.8 Å². The largest absolute Gasteiger partial charge is 0.460 e. The Morgan fingerprint density at radius 3 is 1.12 bits per heavy atom. The molecule has 0 unspecified atom stereocenters. The zero-order valence-electron chi connectivity index (χ0n) is 23.4. The van der Waals surface area contributed by atoms with Gasteiger partial charge in [0.15, 0.2) is 0 Å². The molecule has 0 fully saturated rings. The Morgan fingerprint density at radius 2 is 0.780 bits per heavy atom. The Kier molecular flexibility index (Phi) is 18.3. The first-order valence-corrected chi connectivity index (χ1v) is 12.8. The fraction of sp³-hybridized carbons (Fsp3) is 0.692. The molecule has 0 aliphatic rings. The highest BCUT2D eigenvalue weighted by Crippen LogP contribution is 2.29. The number of ether oxygens (including phenoxy) is 8. The predicted molar refractivity (Wildman–Crippen MR) is 132 cm³/mol. The molecule has 0 atom stereocenters. The maximum absolute atomic E-state index is 13.5. The van der Waals surface area contributed by atoms with E-state index in [-0.39, 0.29) is 45.4 Å². The van der Waals surface area contributed by atoms with E-state index in [0.717, 1.165) is 0 Å². The van der Waals surface area contributed by atoms with Crippen molar-refractivity contribution in [1.29, 1.82) is 0 Å². The normalized spacial score (nSPS) is 11.6. The monoisotopic (exact) mass is 604 g/mol. The molecule has 0 spiro atoms. The Balaban J connectivity index is 1.88. The van der Waals surface area contributed by atoms with E-state index in [4.69, 9.17) is 33.2 Å². The summed E-state index contributed by atoms with van der Waals surface area (Å²) in [5, 5.41) is 0. The van der Waals surface area contributed by atoms with E-state index < -0.39 is 52.8 Å². The second-order valence-electron chi connectivity index (χ2n) is 9.13. The molecule has 0 aliphatic heterocycles. The van der Waals surface area contributed by atoms with Crippen LogP contribution in [0.5, 0.6) is 5.75 Å². The van der Waals surface area contributed by atoms with Gasteiger partial charge >= 0.3 is 11.9 Å². The van der Waals surface area contributed by atoms with Crippen molar-refractivity contribution in [2.75, 3.05) is 79.3 Å². The van der Waals surface area contributed by atoms with Crippen LogP contribution in [0.25, 0.3) is 0 Å². The molecule has 0 N–H and O–H groups in total. The van der Waals surface area contributed by atoms with Crippen molar-refractivity contribution >= 4 is 11.9 Å². The van der Waals surface area contributed by atoms with Crippen LogP contribution in [0.1, 0.15) is 33.6 Å². The van der Waals surface area contributed by atoms with Gasteiger partial charge in [0, 0.05) is 0 Å². The van der Waals surface area contributed by atoms with Gasteiger partial charge in [-0.1, -0.05) is 0 Å². The van der Waals surface area contributed by atoms with Gasteiger partial charge in [0.1, 0.15) is 5.60 Å². The second kappa shape index (κ2) is 20.4. The average molecular weight is 605 g/mol. The molecule has 1 aromatic carbocycles. The van der Waals surface area contributed by atoms with Crippen molar-refractivity contribution < 1.29 is 69.4 Å². The summed E-state index contributed by atoms with van der Waals surface area (Å²) in [5.41, 5.74) is -0.512. The molecular weight excluding hydrogens is 567 g/mol. The Hall–Kier alpha value is -2.43. The number of carbonyl (C=O) groups is 2. The molecule has 1 rings (SSSR count). The minimum atomic E-state index is -2.35. The lowest BCUT2D eigenvalue weighted by Gasteiger charge is -2.19. The number of halogens is 5. The SMILES string of the molecule is CC(C)(C)OC(=O)CCOCCOCCOCCOCCOCCOCCC(=O)Oc1c(F)c(F)c(F)c(F)c1F. The first-order chi connectivity index (χ1) is 19.4. The Bertz CT molecular complexity index is 898. The van der Waals surface area contributed by atoms with Gasteiger partial charge in [-0.3, -0.25) is 9.59 Å². The molecule has 0 aromatic heterocycles. The van der Waals surface area contributed by atoms with E-state index in [1.807, 2.05) is 0 Å². The molecular formula is C26H37F5O10. The summed E-state index contributed by atoms with van der Waals surface area (Å²) in [6, 6.07) is 0. The standard InChI is InChI=1S/C26H37F5O10/c1-26(2,3)41-19(33)5-7-35-9-11-37-13-15-39-17-16-38-14-12-36-10-8-34-6-4-18(32)40-25-23(30)21(28)20(27)22(29)24(25)31/h4-17H2,1-3H3. The van der Waals surface area contributed by atoms with Crippen LogP contribution in [-0.2, 0) is 42.7 Å². The number of hydrogen-bond acceptors (Lipinski definition) is 10. The lowest BCUT2D eigenvalue weighted by atomic mass is 10.2. The maximum atomic E-state index is 13.5. The van der Waals surface area contributed by atoms with E-state index in [9.17, 15) is 31.5 Å². The molecule has 1 aromatic rings. The summed E-state index contributed by atoms with van der Waals surface area (Å²) in [4.78, 5) is 23.1. The van der Waals surface area contributed by atoms with Crippen LogP contribution in [-0.4, -0.2) is 96.8 Å². The van der Waals surface area contributed by atoms with E-state index in [1.165, 1.54) is 0 Å². The van der Waals surface area contributed by atoms with Gasteiger partial charge in [-0.25, -0.2) is 13.2 Å². The average Bonchev–Trinajstić information content (AvgIpc) is 2.91. The van der Waals surface area contributed by atoms with Gasteiger partial charge < -0.3 is 37.9 Å². The maximum Gasteiger partial charge on any atom is 0.313 e. The van der Waals surface area contributed by atoms with Crippen LogP contribution in [0.3, 0.4) is 0 Å². The minimum Gasteiger partial charge on any atom is -0.460 e. The fourth-order valence-electron chi connectivity index (χ4n) is 2.74. The molecule has 0 amide bonds. The third kappa shape index (κ3) is 16.6. The molecule has 15 heteroatoms. The van der Waals surface area contributed by atoms with Gasteiger partial charge in [0.2, 0.25) is 34.8 Å². The first kappa shape index (κ1) is 36.6. The molecule has 0 saturated carbocycles. The highest BCUT2D eigenvalue weighted by molar-refractivity contribution is 5.72. The Labute approximate surface area is 235 Å². The molecule has 0 radical (unpaired) electrons. The zero-order chi connectivity index (χ0) is 30.7. The van der Waals surface area contributed by atoms with Crippen LogP contribution in [0, 0.1) is 29.1 Å². The summed E-state index contributed by atoms with van der Waals surface area (Å²) in [7, 11) is 0. The smallest absolute Gasteiger partial charge is 0.313 e. The molecule has 0 saturated heterocycles. The van der Waals surface area contributed by atoms with Gasteiger partial charge in [-0.2, -0.15) is 8.78 Å². The van der Waals surface area contributed by atoms with Gasteiger partial charge in [-0.15, -0.1) is 0 Å². The predicted octanol–water partition coefficient (Wildman–Crippen LogP) is 3.51. The summed E-state index contributed by atoms with van der Waals surface area (Å²) in [5.74, 6) is -14.5. The highest BCUT2D eigenvalue weighted by atomic mass is 19.2. The van der Waals surface area contributed by atoms with Crippen molar-refractivity contribution in [1.82, 2.24) is 0 Å². The van der Waals surface area contributed by atoms with Gasteiger partial charge in [0.05, 0.1) is 92.1 Å². The summed E-state index contributed by atoms with van der Waals surface area (Å²) < 4.78 is 107. The molecule has 0 aliphatic carbocycles. The minimum absolute atomic E-state index is 0.0771. The first-order valence-electron chi connectivity index (χ1n) is 12.8. The van der Waals surface area contributed by atoms with Crippen molar-refractivity contribution in [2.45, 2.75) is 39.2 Å². The quantitative estimate of drug-likeness (QED) is 0.0488. The van der Waals surface area contributed by atoms with Crippen molar-refractivity contribution in [3.05, 3.63) is 29.1 Å². The topological polar surface area (TPSA) is 108 Å². The zero-order valence-corrected chi connectivity index (χ0v) is 23.4. The summed E-state index contributed by atoms with van der Waals surface area (Å²) in [6.07, 6.45) is -0.306. The summed E-state index contributed by atoms with van der Waals surface area (Å²) >= 11 is 0. The lowest BCUT2D eigenvalue weighted by Crippen LogP contribution is -2.24. The van der Waals surface area contributed by atoms with Gasteiger partial charge in [0.25, 0.3) is 0 Å². The van der Waals surface area contributed by atoms with E-state index >= 15 is 0 Å². The van der Waals surface area contributed by atoms with Crippen LogP contribution >= 0.6 is 0 Å². The number of rotatable bonds is 22. The second-order valence-corrected chi connectivity index (χ2v) is 9.13. The van der Waals surface area contributed by atoms with Gasteiger partial charge in [-0.05, 0) is 20.8 Å². The number of hydrogen-bond donors (Lipinski definition) is 0. The lowest BCUT2D eigenvalue weighted by molar-refractivity contribution is -0.156. The van der Waals surface area contributed by atoms with E-state index in [0.29, 0.717) is 46.2 Å². The number of benzene rings is 1. The van der Waals surface area contributed by atoms with E-state index in [2.05, 4.69) is 4.74 Å².